The maximum Gasteiger partial charge on any atom is 0.156 e. The number of rotatable bonds is 1. The highest BCUT2D eigenvalue weighted by atomic mass is 32.2. The van der Waals surface area contributed by atoms with E-state index in [1.807, 2.05) is 0 Å². The maximum atomic E-state index is 11.8. The van der Waals surface area contributed by atoms with Crippen molar-refractivity contribution in [3.8, 4) is 0 Å². The minimum Gasteiger partial charge on any atom is -0.379 e. The lowest BCUT2D eigenvalue weighted by atomic mass is 9.80. The highest BCUT2D eigenvalue weighted by Gasteiger charge is 2.61. The molecule has 16 heavy (non-hydrogen) atoms. The van der Waals surface area contributed by atoms with Gasteiger partial charge in [-0.05, 0) is 12.8 Å². The number of hydrogen-bond donors (Lipinski definition) is 0. The van der Waals surface area contributed by atoms with Crippen LogP contribution in [0.25, 0.3) is 0 Å². The molecule has 1 saturated carbocycles. The number of sulfone groups is 1. The monoisotopic (exact) mass is 245 g/mol. The van der Waals surface area contributed by atoms with E-state index in [0.29, 0.717) is 5.75 Å². The molecule has 5 heteroatoms. The minimum atomic E-state index is -2.77. The summed E-state index contributed by atoms with van der Waals surface area (Å²) >= 11 is 0. The molecule has 0 spiro atoms. The van der Waals surface area contributed by atoms with Crippen LogP contribution in [0.1, 0.15) is 25.7 Å². The van der Waals surface area contributed by atoms with Crippen LogP contribution >= 0.6 is 0 Å². The van der Waals surface area contributed by atoms with Gasteiger partial charge in [0.25, 0.3) is 0 Å². The normalized spacial score (nSPS) is 43.4. The maximum absolute atomic E-state index is 11.8. The van der Waals surface area contributed by atoms with Crippen molar-refractivity contribution in [3.05, 3.63) is 0 Å². The lowest BCUT2D eigenvalue weighted by Crippen LogP contribution is -2.73. The Labute approximate surface area is 96.9 Å². The summed E-state index contributed by atoms with van der Waals surface area (Å²) in [5.74, 6) is 0.394. The Morgan fingerprint density at radius 3 is 2.62 bits per heavy atom. The topological polar surface area (TPSA) is 46.6 Å². The van der Waals surface area contributed by atoms with Crippen molar-refractivity contribution in [3.63, 3.8) is 0 Å². The minimum absolute atomic E-state index is 0.0130. The van der Waals surface area contributed by atoms with E-state index in [1.54, 1.807) is 0 Å². The van der Waals surface area contributed by atoms with Crippen molar-refractivity contribution in [2.75, 3.05) is 32.1 Å². The predicted octanol–water partition coefficient (Wildman–Crippen LogP) is 0.428. The van der Waals surface area contributed by atoms with Crippen LogP contribution in [0.5, 0.6) is 0 Å². The standard InChI is InChI=1S/C11H19NO3S/c13-16(14)9-11(4-2-1-3-10(11)16)12-5-7-15-8-6-12/h10H,1-9H2/t10-,11+/m0/s1. The highest BCUT2D eigenvalue weighted by Crippen LogP contribution is 2.47. The third-order valence-electron chi connectivity index (χ3n) is 4.45. The van der Waals surface area contributed by atoms with Crippen LogP contribution in [0.4, 0.5) is 0 Å². The summed E-state index contributed by atoms with van der Waals surface area (Å²) in [6.45, 7) is 3.33. The molecule has 0 aromatic rings. The fraction of sp³-hybridized carbons (Fsp3) is 1.00. The molecule has 2 heterocycles. The Hall–Kier alpha value is -0.130. The second-order valence-corrected chi connectivity index (χ2v) is 7.43. The first-order valence-electron chi connectivity index (χ1n) is 6.20. The molecule has 0 unspecified atom stereocenters. The smallest absolute Gasteiger partial charge is 0.156 e. The lowest BCUT2D eigenvalue weighted by molar-refractivity contribution is -0.0341. The molecule has 0 amide bonds. The fourth-order valence-corrected chi connectivity index (χ4v) is 6.35. The van der Waals surface area contributed by atoms with E-state index < -0.39 is 9.84 Å². The Morgan fingerprint density at radius 2 is 1.94 bits per heavy atom. The first kappa shape index (κ1) is 11.0. The lowest BCUT2D eigenvalue weighted by Gasteiger charge is -2.58. The van der Waals surface area contributed by atoms with Crippen molar-refractivity contribution in [2.45, 2.75) is 36.5 Å². The first-order valence-corrected chi connectivity index (χ1v) is 7.91. The van der Waals surface area contributed by atoms with Crippen LogP contribution in [0.15, 0.2) is 0 Å². The van der Waals surface area contributed by atoms with Crippen molar-refractivity contribution in [2.24, 2.45) is 0 Å². The van der Waals surface area contributed by atoms with Crippen molar-refractivity contribution in [1.29, 1.82) is 0 Å². The zero-order valence-electron chi connectivity index (χ0n) is 9.52. The third kappa shape index (κ3) is 1.45. The molecule has 2 atom stereocenters. The summed E-state index contributed by atoms with van der Waals surface area (Å²) in [5.41, 5.74) is -0.0130. The molecule has 2 aliphatic heterocycles. The van der Waals surface area contributed by atoms with Gasteiger partial charge in [-0.25, -0.2) is 8.42 Å². The van der Waals surface area contributed by atoms with Gasteiger partial charge in [0.2, 0.25) is 0 Å². The summed E-state index contributed by atoms with van der Waals surface area (Å²) in [6.07, 6.45) is 4.20. The first-order chi connectivity index (χ1) is 7.65. The predicted molar refractivity (Wildman–Crippen MR) is 61.2 cm³/mol. The number of morpholine rings is 1. The highest BCUT2D eigenvalue weighted by molar-refractivity contribution is 7.93. The zero-order valence-corrected chi connectivity index (χ0v) is 10.3. The van der Waals surface area contributed by atoms with Crippen molar-refractivity contribution >= 4 is 9.84 Å². The average molecular weight is 245 g/mol. The molecule has 0 bridgehead atoms. The van der Waals surface area contributed by atoms with Crippen LogP contribution < -0.4 is 0 Å². The largest absolute Gasteiger partial charge is 0.379 e. The Bertz CT molecular complexity index is 375. The molecule has 0 aromatic heterocycles. The summed E-state index contributed by atoms with van der Waals surface area (Å²) in [6, 6.07) is 0. The van der Waals surface area contributed by atoms with Crippen LogP contribution in [0.3, 0.4) is 0 Å². The summed E-state index contributed by atoms with van der Waals surface area (Å²) in [4.78, 5) is 2.39. The SMILES string of the molecule is O=S1(=O)C[C@]2(N3CCOCC3)CCCC[C@@H]21. The number of fused-ring (bicyclic) bond motifs is 1. The molecule has 0 N–H and O–H groups in total. The van der Waals surface area contributed by atoms with E-state index in [0.717, 1.165) is 45.6 Å². The molecule has 3 fully saturated rings. The molecule has 0 radical (unpaired) electrons. The van der Waals surface area contributed by atoms with Crippen LogP contribution in [0, 0.1) is 0 Å². The fourth-order valence-electron chi connectivity index (χ4n) is 3.68. The van der Waals surface area contributed by atoms with Gasteiger partial charge in [-0.15, -0.1) is 0 Å². The van der Waals surface area contributed by atoms with Gasteiger partial charge < -0.3 is 4.74 Å². The molecular formula is C11H19NO3S. The van der Waals surface area contributed by atoms with Crippen LogP contribution in [-0.2, 0) is 14.6 Å². The van der Waals surface area contributed by atoms with Gasteiger partial charge >= 0.3 is 0 Å². The van der Waals surface area contributed by atoms with E-state index in [4.69, 9.17) is 4.74 Å². The quantitative estimate of drug-likeness (QED) is 0.672. The van der Waals surface area contributed by atoms with E-state index in [-0.39, 0.29) is 10.8 Å². The van der Waals surface area contributed by atoms with Crippen LogP contribution in [0.2, 0.25) is 0 Å². The molecule has 3 aliphatic rings. The van der Waals surface area contributed by atoms with Gasteiger partial charge in [0.1, 0.15) is 0 Å². The average Bonchev–Trinajstić information content (AvgIpc) is 2.29. The van der Waals surface area contributed by atoms with E-state index >= 15 is 0 Å². The molecule has 0 aromatic carbocycles. The van der Waals surface area contributed by atoms with Gasteiger partial charge in [0.15, 0.2) is 9.84 Å². The van der Waals surface area contributed by atoms with Crippen molar-refractivity contribution < 1.29 is 13.2 Å². The summed E-state index contributed by atoms with van der Waals surface area (Å²) < 4.78 is 29.0. The number of ether oxygens (including phenoxy) is 1. The summed E-state index contributed by atoms with van der Waals surface area (Å²) in [7, 11) is -2.77. The second kappa shape index (κ2) is 3.68. The molecule has 1 aliphatic carbocycles. The Kier molecular flexibility index (Phi) is 2.53. The molecule has 4 nitrogen and oxygen atoms in total. The molecule has 92 valence electrons. The van der Waals surface area contributed by atoms with Crippen LogP contribution in [-0.4, -0.2) is 56.2 Å². The van der Waals surface area contributed by atoms with Gasteiger partial charge in [-0.2, -0.15) is 0 Å². The Balaban J connectivity index is 1.85. The molecule has 3 rings (SSSR count). The van der Waals surface area contributed by atoms with Crippen molar-refractivity contribution in [1.82, 2.24) is 4.90 Å². The van der Waals surface area contributed by atoms with Gasteiger partial charge in [-0.1, -0.05) is 12.8 Å². The number of nitrogens with zero attached hydrogens (tertiary/aromatic N) is 1. The second-order valence-electron chi connectivity index (χ2n) is 5.24. The zero-order chi connectivity index (χ0) is 11.2. The molecule has 2 saturated heterocycles. The number of hydrogen-bond acceptors (Lipinski definition) is 4. The molecular weight excluding hydrogens is 226 g/mol. The third-order valence-corrected chi connectivity index (χ3v) is 6.89. The van der Waals surface area contributed by atoms with E-state index in [9.17, 15) is 8.42 Å². The Morgan fingerprint density at radius 1 is 1.19 bits per heavy atom. The van der Waals surface area contributed by atoms with E-state index in [1.165, 1.54) is 6.42 Å². The van der Waals surface area contributed by atoms with Gasteiger partial charge in [0.05, 0.1) is 29.8 Å². The van der Waals surface area contributed by atoms with E-state index in [2.05, 4.69) is 4.90 Å². The summed E-state index contributed by atoms with van der Waals surface area (Å²) in [5, 5.41) is -0.0770. The van der Waals surface area contributed by atoms with Gasteiger partial charge in [-0.3, -0.25) is 4.90 Å². The van der Waals surface area contributed by atoms with Gasteiger partial charge in [0, 0.05) is 13.1 Å².